The second kappa shape index (κ2) is 7.10. The van der Waals surface area contributed by atoms with E-state index in [2.05, 4.69) is 15.9 Å². The fourth-order valence-electron chi connectivity index (χ4n) is 2.68. The highest BCUT2D eigenvalue weighted by atomic mass is 79.9. The molecule has 5 nitrogen and oxygen atoms in total. The van der Waals surface area contributed by atoms with Crippen molar-refractivity contribution in [1.82, 2.24) is 9.21 Å². The first-order chi connectivity index (χ1) is 10.3. The van der Waals surface area contributed by atoms with Crippen LogP contribution in [-0.2, 0) is 21.4 Å². The first-order valence-electron chi connectivity index (χ1n) is 7.26. The van der Waals surface area contributed by atoms with Gasteiger partial charge in [-0.15, -0.1) is 0 Å². The summed E-state index contributed by atoms with van der Waals surface area (Å²) in [4.78, 5) is 13.0. The summed E-state index contributed by atoms with van der Waals surface area (Å²) in [5, 5.41) is -0.407. The number of nitrogens with zero attached hydrogens (tertiary/aromatic N) is 2. The molecule has 0 spiro atoms. The van der Waals surface area contributed by atoms with Crippen LogP contribution in [0.5, 0.6) is 0 Å². The lowest BCUT2D eigenvalue weighted by Gasteiger charge is -2.33. The first-order valence-corrected chi connectivity index (χ1v) is 9.56. The smallest absolute Gasteiger partial charge is 0.219 e. The maximum absolute atomic E-state index is 12.7. The second-order valence-corrected chi connectivity index (χ2v) is 8.77. The molecule has 122 valence electrons. The van der Waals surface area contributed by atoms with Gasteiger partial charge in [0.05, 0.1) is 5.25 Å². The van der Waals surface area contributed by atoms with Crippen LogP contribution in [0.15, 0.2) is 28.7 Å². The minimum atomic E-state index is -3.35. The molecule has 1 amide bonds. The number of carbonyl (C=O) groups is 1. The van der Waals surface area contributed by atoms with Crippen LogP contribution in [0, 0.1) is 0 Å². The zero-order valence-electron chi connectivity index (χ0n) is 12.8. The van der Waals surface area contributed by atoms with E-state index in [0.29, 0.717) is 32.5 Å². The molecule has 0 N–H and O–H groups in total. The zero-order chi connectivity index (χ0) is 16.3. The Morgan fingerprint density at radius 2 is 1.91 bits per heavy atom. The summed E-state index contributed by atoms with van der Waals surface area (Å²) in [5.74, 6) is 0.0115. The summed E-state index contributed by atoms with van der Waals surface area (Å²) in [6.07, 6.45) is 1.00. The highest BCUT2D eigenvalue weighted by molar-refractivity contribution is 9.10. The van der Waals surface area contributed by atoms with Crippen LogP contribution >= 0.6 is 15.9 Å². The monoisotopic (exact) mass is 388 g/mol. The van der Waals surface area contributed by atoms with Crippen LogP contribution in [0.1, 0.15) is 25.3 Å². The molecular weight excluding hydrogens is 368 g/mol. The van der Waals surface area contributed by atoms with Crippen LogP contribution in [0.25, 0.3) is 0 Å². The number of likely N-dealkylation sites (tertiary alicyclic amines) is 1. The number of carbonyl (C=O) groups excluding carboxylic acids is 1. The molecule has 1 saturated heterocycles. The van der Waals surface area contributed by atoms with Gasteiger partial charge >= 0.3 is 0 Å². The molecule has 1 fully saturated rings. The molecule has 2 rings (SSSR count). The number of benzene rings is 1. The predicted octanol–water partition coefficient (Wildman–Crippen LogP) is 2.22. The van der Waals surface area contributed by atoms with E-state index in [1.165, 1.54) is 11.2 Å². The van der Waals surface area contributed by atoms with Gasteiger partial charge in [0.2, 0.25) is 15.9 Å². The Labute approximate surface area is 140 Å². The molecule has 0 atom stereocenters. The van der Waals surface area contributed by atoms with Crippen LogP contribution in [0.2, 0.25) is 0 Å². The number of rotatable bonds is 4. The molecule has 1 aliphatic heterocycles. The quantitative estimate of drug-likeness (QED) is 0.794. The maximum atomic E-state index is 12.7. The summed E-state index contributed by atoms with van der Waals surface area (Å²) >= 11 is 3.45. The Morgan fingerprint density at radius 1 is 1.32 bits per heavy atom. The van der Waals surface area contributed by atoms with E-state index < -0.39 is 15.3 Å². The number of piperidine rings is 1. The van der Waals surface area contributed by atoms with Crippen LogP contribution < -0.4 is 0 Å². The van der Waals surface area contributed by atoms with Gasteiger partial charge in [0, 0.05) is 38.1 Å². The highest BCUT2D eigenvalue weighted by Gasteiger charge is 2.33. The molecular formula is C15H21BrN2O3S. The first kappa shape index (κ1) is 17.4. The van der Waals surface area contributed by atoms with Crippen molar-refractivity contribution in [3.05, 3.63) is 34.3 Å². The Bertz CT molecular complexity index is 640. The second-order valence-electron chi connectivity index (χ2n) is 5.60. The lowest BCUT2D eigenvalue weighted by molar-refractivity contribution is -0.129. The molecule has 0 aromatic heterocycles. The van der Waals surface area contributed by atoms with Gasteiger partial charge in [0.25, 0.3) is 0 Å². The van der Waals surface area contributed by atoms with Crippen LogP contribution in [0.4, 0.5) is 0 Å². The third-order valence-corrected chi connectivity index (χ3v) is 7.18. The summed E-state index contributed by atoms with van der Waals surface area (Å²) in [6, 6.07) is 7.61. The van der Waals surface area contributed by atoms with E-state index in [-0.39, 0.29) is 5.91 Å². The average Bonchev–Trinajstić information content (AvgIpc) is 2.49. The van der Waals surface area contributed by atoms with Crippen molar-refractivity contribution in [3.63, 3.8) is 0 Å². The summed E-state index contributed by atoms with van der Waals surface area (Å²) < 4.78 is 27.7. The van der Waals surface area contributed by atoms with Gasteiger partial charge in [-0.05, 0) is 24.5 Å². The third-order valence-electron chi connectivity index (χ3n) is 4.09. The minimum absolute atomic E-state index is 0.0115. The highest BCUT2D eigenvalue weighted by Crippen LogP contribution is 2.24. The molecule has 1 aliphatic rings. The molecule has 1 aromatic carbocycles. The van der Waals surface area contributed by atoms with Gasteiger partial charge in [-0.2, -0.15) is 0 Å². The molecule has 0 aliphatic carbocycles. The fourth-order valence-corrected chi connectivity index (χ4v) is 4.72. The predicted molar refractivity (Wildman–Crippen MR) is 89.8 cm³/mol. The van der Waals surface area contributed by atoms with Gasteiger partial charge < -0.3 is 4.90 Å². The molecule has 0 bridgehead atoms. The Balaban J connectivity index is 2.04. The Kier molecular flexibility index (Phi) is 5.63. The van der Waals surface area contributed by atoms with Gasteiger partial charge in [0.15, 0.2) is 0 Å². The van der Waals surface area contributed by atoms with Crippen LogP contribution in [0.3, 0.4) is 0 Å². The van der Waals surface area contributed by atoms with Crippen molar-refractivity contribution in [2.45, 2.75) is 31.6 Å². The van der Waals surface area contributed by atoms with Crippen molar-refractivity contribution in [2.75, 3.05) is 20.1 Å². The van der Waals surface area contributed by atoms with Crippen molar-refractivity contribution in [1.29, 1.82) is 0 Å². The lowest BCUT2D eigenvalue weighted by Crippen LogP contribution is -2.45. The van der Waals surface area contributed by atoms with Gasteiger partial charge in [0.1, 0.15) is 0 Å². The van der Waals surface area contributed by atoms with Gasteiger partial charge in [-0.25, -0.2) is 12.7 Å². The van der Waals surface area contributed by atoms with Crippen molar-refractivity contribution in [3.8, 4) is 0 Å². The zero-order valence-corrected chi connectivity index (χ0v) is 15.2. The van der Waals surface area contributed by atoms with Crippen LogP contribution in [-0.4, -0.2) is 48.9 Å². The molecule has 0 saturated carbocycles. The molecule has 1 aromatic rings. The number of sulfonamides is 1. The summed E-state index contributed by atoms with van der Waals surface area (Å²) in [5.41, 5.74) is 0.940. The molecule has 22 heavy (non-hydrogen) atoms. The number of amides is 1. The lowest BCUT2D eigenvalue weighted by atomic mass is 10.1. The van der Waals surface area contributed by atoms with Crippen molar-refractivity contribution in [2.24, 2.45) is 0 Å². The van der Waals surface area contributed by atoms with E-state index in [4.69, 9.17) is 0 Å². The van der Waals surface area contributed by atoms with Gasteiger partial charge in [-0.1, -0.05) is 34.1 Å². The van der Waals surface area contributed by atoms with E-state index in [0.717, 1.165) is 10.0 Å². The van der Waals surface area contributed by atoms with Crippen molar-refractivity contribution >= 4 is 31.9 Å². The van der Waals surface area contributed by atoms with Gasteiger partial charge in [-0.3, -0.25) is 4.79 Å². The molecule has 7 heteroatoms. The molecule has 0 unspecified atom stereocenters. The largest absolute Gasteiger partial charge is 0.343 e. The SMILES string of the molecule is CC(=O)N1CCC(S(=O)(=O)N(C)Cc2ccccc2Br)CC1. The molecule has 0 radical (unpaired) electrons. The van der Waals surface area contributed by atoms with E-state index in [1.54, 1.807) is 11.9 Å². The topological polar surface area (TPSA) is 57.7 Å². The maximum Gasteiger partial charge on any atom is 0.219 e. The fraction of sp³-hybridized carbons (Fsp3) is 0.533. The molecule has 1 heterocycles. The number of hydrogen-bond acceptors (Lipinski definition) is 3. The number of hydrogen-bond donors (Lipinski definition) is 0. The summed E-state index contributed by atoms with van der Waals surface area (Å²) in [6.45, 7) is 2.90. The van der Waals surface area contributed by atoms with E-state index in [1.807, 2.05) is 24.3 Å². The van der Waals surface area contributed by atoms with E-state index in [9.17, 15) is 13.2 Å². The van der Waals surface area contributed by atoms with E-state index >= 15 is 0 Å². The Morgan fingerprint density at radius 3 is 2.45 bits per heavy atom. The van der Waals surface area contributed by atoms with Crippen molar-refractivity contribution < 1.29 is 13.2 Å². The summed E-state index contributed by atoms with van der Waals surface area (Å²) in [7, 11) is -1.73. The standard InChI is InChI=1S/C15H21BrN2O3S/c1-12(19)18-9-7-14(8-10-18)22(20,21)17(2)11-13-5-3-4-6-15(13)16/h3-6,14H,7-11H2,1-2H3. The Hall–Kier alpha value is -0.920. The normalized spacial score (nSPS) is 17.0. The average molecular weight is 389 g/mol. The minimum Gasteiger partial charge on any atom is -0.343 e. The third kappa shape index (κ3) is 3.88. The number of halogens is 1.